The van der Waals surface area contributed by atoms with Gasteiger partial charge in [-0.25, -0.2) is 14.8 Å². The number of ether oxygens (including phenoxy) is 1. The highest BCUT2D eigenvalue weighted by atomic mass is 16.5. The van der Waals surface area contributed by atoms with Crippen LogP contribution in [-0.4, -0.2) is 27.7 Å². The van der Waals surface area contributed by atoms with Crippen molar-refractivity contribution in [3.63, 3.8) is 0 Å². The van der Waals surface area contributed by atoms with E-state index in [0.717, 1.165) is 0 Å². The molecule has 1 aromatic rings. The van der Waals surface area contributed by atoms with Gasteiger partial charge in [-0.05, 0) is 6.92 Å². The zero-order chi connectivity index (χ0) is 8.97. The van der Waals surface area contributed by atoms with Crippen LogP contribution in [0.1, 0.15) is 17.3 Å². The molecule has 1 N–H and O–H groups in total. The molecule has 0 aromatic carbocycles. The molecular formula is C7H8N2O3. The molecule has 1 aromatic heterocycles. The SMILES string of the molecule is CCOc1ncncc1C(=O)O. The second kappa shape index (κ2) is 3.66. The average Bonchev–Trinajstić information content (AvgIpc) is 2.05. The molecule has 0 atom stereocenters. The van der Waals surface area contributed by atoms with Crippen LogP contribution >= 0.6 is 0 Å². The molecule has 12 heavy (non-hydrogen) atoms. The lowest BCUT2D eigenvalue weighted by Crippen LogP contribution is -2.05. The highest BCUT2D eigenvalue weighted by molar-refractivity contribution is 5.89. The Balaban J connectivity index is 3.00. The molecule has 0 saturated carbocycles. The van der Waals surface area contributed by atoms with Crippen molar-refractivity contribution in [2.75, 3.05) is 6.61 Å². The quantitative estimate of drug-likeness (QED) is 0.714. The van der Waals surface area contributed by atoms with Gasteiger partial charge in [-0.2, -0.15) is 0 Å². The normalized spacial score (nSPS) is 9.42. The van der Waals surface area contributed by atoms with Gasteiger partial charge < -0.3 is 9.84 Å². The van der Waals surface area contributed by atoms with Gasteiger partial charge in [0.1, 0.15) is 11.9 Å². The van der Waals surface area contributed by atoms with Gasteiger partial charge in [-0.3, -0.25) is 0 Å². The maximum absolute atomic E-state index is 10.5. The van der Waals surface area contributed by atoms with E-state index in [9.17, 15) is 4.79 Å². The number of nitrogens with zero attached hydrogens (tertiary/aromatic N) is 2. The molecule has 1 rings (SSSR count). The van der Waals surface area contributed by atoms with Gasteiger partial charge >= 0.3 is 5.97 Å². The van der Waals surface area contributed by atoms with Crippen molar-refractivity contribution >= 4 is 5.97 Å². The van der Waals surface area contributed by atoms with E-state index >= 15 is 0 Å². The first-order valence-corrected chi connectivity index (χ1v) is 3.41. The summed E-state index contributed by atoms with van der Waals surface area (Å²) in [5, 5.41) is 8.63. The number of carboxylic acids is 1. The van der Waals surface area contributed by atoms with Crippen LogP contribution in [0.5, 0.6) is 5.88 Å². The van der Waals surface area contributed by atoms with E-state index in [4.69, 9.17) is 9.84 Å². The third-order valence-electron chi connectivity index (χ3n) is 1.19. The first-order chi connectivity index (χ1) is 5.75. The van der Waals surface area contributed by atoms with E-state index in [1.54, 1.807) is 6.92 Å². The van der Waals surface area contributed by atoms with Crippen LogP contribution < -0.4 is 4.74 Å². The van der Waals surface area contributed by atoms with E-state index in [2.05, 4.69) is 9.97 Å². The summed E-state index contributed by atoms with van der Waals surface area (Å²) in [6.07, 6.45) is 2.46. The Bertz CT molecular complexity index is 288. The Morgan fingerprint density at radius 2 is 2.50 bits per heavy atom. The predicted molar refractivity (Wildman–Crippen MR) is 40.2 cm³/mol. The number of rotatable bonds is 3. The van der Waals surface area contributed by atoms with Crippen LogP contribution in [0.2, 0.25) is 0 Å². The van der Waals surface area contributed by atoms with Crippen LogP contribution in [0, 0.1) is 0 Å². The highest BCUT2D eigenvalue weighted by Gasteiger charge is 2.11. The average molecular weight is 168 g/mol. The monoisotopic (exact) mass is 168 g/mol. The van der Waals surface area contributed by atoms with Gasteiger partial charge in [0.15, 0.2) is 0 Å². The minimum Gasteiger partial charge on any atom is -0.477 e. The summed E-state index contributed by atoms with van der Waals surface area (Å²) in [7, 11) is 0. The maximum Gasteiger partial charge on any atom is 0.342 e. The smallest absolute Gasteiger partial charge is 0.342 e. The van der Waals surface area contributed by atoms with Crippen LogP contribution in [0.4, 0.5) is 0 Å². The molecule has 0 saturated heterocycles. The van der Waals surface area contributed by atoms with E-state index < -0.39 is 5.97 Å². The second-order valence-electron chi connectivity index (χ2n) is 1.98. The Labute approximate surface area is 69.0 Å². The number of hydrogen-bond donors (Lipinski definition) is 1. The van der Waals surface area contributed by atoms with Crippen LogP contribution in [0.25, 0.3) is 0 Å². The molecule has 64 valence electrons. The van der Waals surface area contributed by atoms with Crippen molar-refractivity contribution in [3.8, 4) is 5.88 Å². The molecule has 0 fully saturated rings. The third-order valence-corrected chi connectivity index (χ3v) is 1.19. The zero-order valence-electron chi connectivity index (χ0n) is 6.52. The van der Waals surface area contributed by atoms with E-state index in [-0.39, 0.29) is 11.4 Å². The van der Waals surface area contributed by atoms with Gasteiger partial charge in [0.2, 0.25) is 5.88 Å². The lowest BCUT2D eigenvalue weighted by atomic mass is 10.3. The summed E-state index contributed by atoms with van der Waals surface area (Å²) in [5.74, 6) is -0.973. The van der Waals surface area contributed by atoms with E-state index in [0.29, 0.717) is 6.61 Å². The molecule has 0 aliphatic rings. The minimum absolute atomic E-state index is 0.0145. The van der Waals surface area contributed by atoms with Crippen molar-refractivity contribution in [1.29, 1.82) is 0 Å². The Morgan fingerprint density at radius 1 is 1.75 bits per heavy atom. The third kappa shape index (κ3) is 1.69. The number of carbonyl (C=O) groups is 1. The van der Waals surface area contributed by atoms with E-state index in [1.165, 1.54) is 12.5 Å². The first kappa shape index (κ1) is 8.45. The predicted octanol–water partition coefficient (Wildman–Crippen LogP) is 0.573. The zero-order valence-corrected chi connectivity index (χ0v) is 6.52. The van der Waals surface area contributed by atoms with Crippen LogP contribution in [0.15, 0.2) is 12.5 Å². The molecule has 0 spiro atoms. The largest absolute Gasteiger partial charge is 0.477 e. The molecule has 0 radical (unpaired) electrons. The Hall–Kier alpha value is -1.65. The number of aromatic nitrogens is 2. The van der Waals surface area contributed by atoms with Crippen LogP contribution in [0.3, 0.4) is 0 Å². The molecule has 0 aliphatic heterocycles. The molecular weight excluding hydrogens is 160 g/mol. The topological polar surface area (TPSA) is 72.3 Å². The van der Waals surface area contributed by atoms with Crippen molar-refractivity contribution < 1.29 is 14.6 Å². The Kier molecular flexibility index (Phi) is 2.57. The molecule has 5 nitrogen and oxygen atoms in total. The number of carboxylic acid groups (broad SMARTS) is 1. The molecule has 0 bridgehead atoms. The Morgan fingerprint density at radius 3 is 3.08 bits per heavy atom. The summed E-state index contributed by atoms with van der Waals surface area (Å²) < 4.78 is 4.97. The summed E-state index contributed by atoms with van der Waals surface area (Å²) in [5.41, 5.74) is -0.0145. The minimum atomic E-state index is -1.08. The fourth-order valence-electron chi connectivity index (χ4n) is 0.717. The van der Waals surface area contributed by atoms with Crippen molar-refractivity contribution in [2.24, 2.45) is 0 Å². The molecule has 1 heterocycles. The summed E-state index contributed by atoms with van der Waals surface area (Å²) in [6.45, 7) is 2.14. The van der Waals surface area contributed by atoms with Gasteiger partial charge in [0.25, 0.3) is 0 Å². The lowest BCUT2D eigenvalue weighted by molar-refractivity contribution is 0.0691. The fourth-order valence-corrected chi connectivity index (χ4v) is 0.717. The van der Waals surface area contributed by atoms with Crippen molar-refractivity contribution in [3.05, 3.63) is 18.1 Å². The summed E-state index contributed by atoms with van der Waals surface area (Å²) in [6, 6.07) is 0. The molecule has 0 unspecified atom stereocenters. The van der Waals surface area contributed by atoms with Gasteiger partial charge in [-0.1, -0.05) is 0 Å². The van der Waals surface area contributed by atoms with Crippen molar-refractivity contribution in [1.82, 2.24) is 9.97 Å². The molecule has 0 amide bonds. The van der Waals surface area contributed by atoms with Crippen molar-refractivity contribution in [2.45, 2.75) is 6.92 Å². The lowest BCUT2D eigenvalue weighted by Gasteiger charge is -2.02. The van der Waals surface area contributed by atoms with Crippen LogP contribution in [-0.2, 0) is 0 Å². The maximum atomic E-state index is 10.5. The standard InChI is InChI=1S/C7H8N2O3/c1-2-12-6-5(7(10)11)3-8-4-9-6/h3-4H,2H2,1H3,(H,10,11). The van der Waals surface area contributed by atoms with Gasteiger partial charge in [0, 0.05) is 6.20 Å². The number of aromatic carboxylic acids is 1. The first-order valence-electron chi connectivity index (χ1n) is 3.41. The molecule has 5 heteroatoms. The van der Waals surface area contributed by atoms with Gasteiger partial charge in [0.05, 0.1) is 6.61 Å². The fraction of sp³-hybridized carbons (Fsp3) is 0.286. The molecule has 0 aliphatic carbocycles. The summed E-state index contributed by atoms with van der Waals surface area (Å²) >= 11 is 0. The summed E-state index contributed by atoms with van der Waals surface area (Å²) in [4.78, 5) is 17.8. The second-order valence-corrected chi connectivity index (χ2v) is 1.98. The van der Waals surface area contributed by atoms with Gasteiger partial charge in [-0.15, -0.1) is 0 Å². The highest BCUT2D eigenvalue weighted by Crippen LogP contribution is 2.11. The number of hydrogen-bond acceptors (Lipinski definition) is 4. The van der Waals surface area contributed by atoms with E-state index in [1.807, 2.05) is 0 Å².